The van der Waals surface area contributed by atoms with Crippen molar-refractivity contribution in [2.75, 3.05) is 37.4 Å². The number of benzene rings is 2. The molecule has 0 unspecified atom stereocenters. The van der Waals surface area contributed by atoms with Crippen LogP contribution in [0.4, 0.5) is 16.7 Å². The smallest absolute Gasteiger partial charge is 0.410 e. The van der Waals surface area contributed by atoms with Crippen molar-refractivity contribution in [3.63, 3.8) is 0 Å². The summed E-state index contributed by atoms with van der Waals surface area (Å²) in [5.74, 6) is -0.847. The third kappa shape index (κ3) is 11.2. The number of piperidine rings is 1. The van der Waals surface area contributed by atoms with E-state index in [1.165, 1.54) is 19.2 Å². The lowest BCUT2D eigenvalue weighted by Gasteiger charge is -2.33. The van der Waals surface area contributed by atoms with Crippen LogP contribution < -0.4 is 31.6 Å². The molecular weight excluding hydrogens is 887 g/mol. The Labute approximate surface area is 399 Å². The number of rotatable bonds is 18. The number of allylic oxidation sites excluding steroid dienone is 2. The van der Waals surface area contributed by atoms with Gasteiger partial charge < -0.3 is 39.7 Å². The van der Waals surface area contributed by atoms with Crippen LogP contribution >= 0.6 is 0 Å². The molecule has 5 heterocycles. The molecule has 0 saturated carbocycles. The summed E-state index contributed by atoms with van der Waals surface area (Å²) in [6.45, 7) is 15.7. The maximum Gasteiger partial charge on any atom is 0.410 e. The highest BCUT2D eigenvalue weighted by Gasteiger charge is 2.28. The van der Waals surface area contributed by atoms with Gasteiger partial charge in [0.1, 0.15) is 39.5 Å². The number of primary amides is 2. The Morgan fingerprint density at radius 1 is 0.739 bits per heavy atom. The van der Waals surface area contributed by atoms with Crippen LogP contribution in [0.1, 0.15) is 113 Å². The third-order valence-corrected chi connectivity index (χ3v) is 11.7. The van der Waals surface area contributed by atoms with Gasteiger partial charge in [0.05, 0.1) is 36.1 Å². The van der Waals surface area contributed by atoms with Crippen molar-refractivity contribution in [2.24, 2.45) is 17.4 Å². The van der Waals surface area contributed by atoms with Gasteiger partial charge >= 0.3 is 6.09 Å². The number of nitrogens with two attached hydrogens (primary N) is 2. The lowest BCUT2D eigenvalue weighted by atomic mass is 9.92. The number of amides is 5. The molecule has 7 rings (SSSR count). The number of hydrogen-bond acceptors (Lipinski definition) is 12. The minimum Gasteiger partial charge on any atom is -0.494 e. The molecule has 21 nitrogen and oxygen atoms in total. The molecule has 69 heavy (non-hydrogen) atoms. The maximum atomic E-state index is 13.9. The van der Waals surface area contributed by atoms with Crippen LogP contribution in [0, 0.1) is 19.8 Å². The first-order valence-corrected chi connectivity index (χ1v) is 23.1. The fourth-order valence-corrected chi connectivity index (χ4v) is 8.47. The fourth-order valence-electron chi connectivity index (χ4n) is 8.47. The second kappa shape index (κ2) is 20.7. The van der Waals surface area contributed by atoms with Crippen molar-refractivity contribution < 1.29 is 38.2 Å². The van der Waals surface area contributed by atoms with Gasteiger partial charge in [-0.3, -0.25) is 39.2 Å². The van der Waals surface area contributed by atoms with Crippen LogP contribution in [0.15, 0.2) is 48.6 Å². The average Bonchev–Trinajstić information content (AvgIpc) is 4.07. The van der Waals surface area contributed by atoms with Gasteiger partial charge in [-0.25, -0.2) is 14.8 Å². The SMILES string of the molecule is CCn1nc(C)cc1C(=O)Nc1nc2cc(C(N)=O)cc(OC)c2n1C/C=C/Cn1c(NC(=O)c2cc(C)nn2CC)nc2cc(C(N)=O)cc(OCCCC3CCN(C(=O)OC(C)(C)C)CC3)c21. The molecule has 4 aromatic heterocycles. The van der Waals surface area contributed by atoms with Crippen molar-refractivity contribution in [1.29, 1.82) is 0 Å². The Kier molecular flexibility index (Phi) is 14.7. The molecule has 2 aromatic carbocycles. The van der Waals surface area contributed by atoms with Gasteiger partial charge in [0.25, 0.3) is 11.8 Å². The molecule has 6 aromatic rings. The van der Waals surface area contributed by atoms with Gasteiger partial charge in [-0.05, 0) is 116 Å². The van der Waals surface area contributed by atoms with Crippen LogP contribution in [0.3, 0.4) is 0 Å². The molecule has 1 saturated heterocycles. The van der Waals surface area contributed by atoms with Gasteiger partial charge in [0, 0.05) is 50.4 Å². The molecule has 21 heteroatoms. The van der Waals surface area contributed by atoms with E-state index in [-0.39, 0.29) is 42.2 Å². The van der Waals surface area contributed by atoms with Crippen LogP contribution in [0.2, 0.25) is 0 Å². The molecule has 0 radical (unpaired) electrons. The van der Waals surface area contributed by atoms with Gasteiger partial charge in [-0.15, -0.1) is 0 Å². The zero-order chi connectivity index (χ0) is 49.7. The molecule has 0 atom stereocenters. The lowest BCUT2D eigenvalue weighted by Crippen LogP contribution is -2.41. The summed E-state index contributed by atoms with van der Waals surface area (Å²) >= 11 is 0. The van der Waals surface area contributed by atoms with Gasteiger partial charge in [0.2, 0.25) is 23.7 Å². The standard InChI is InChI=1S/C48H61N13O8/c1-9-60-35(22-28(3)55-60)43(64)53-45-51-33-24-31(41(49)62)26-37(67-8)39(33)58(45)17-11-12-18-59-40-34(52-46(59)54-44(65)36-23-29(4)56-61(36)10-2)25-32(42(50)63)27-38(40)68-21-13-14-30-15-19-57(20-16-30)47(66)69-48(5,6)7/h11-12,22-27,30H,9-10,13-21H2,1-8H3,(H2,49,62)(H2,50,63)(H,51,53,64)(H,52,54,65)/b12-11+. The highest BCUT2D eigenvalue weighted by molar-refractivity contribution is 6.05. The zero-order valence-corrected chi connectivity index (χ0v) is 40.4. The second-order valence-electron chi connectivity index (χ2n) is 18.0. The largest absolute Gasteiger partial charge is 0.494 e. The van der Waals surface area contributed by atoms with E-state index in [1.807, 2.05) is 46.8 Å². The number of likely N-dealkylation sites (tertiary alicyclic amines) is 1. The van der Waals surface area contributed by atoms with Crippen molar-refractivity contribution >= 4 is 63.7 Å². The van der Waals surface area contributed by atoms with Crippen LogP contribution in [-0.4, -0.2) is 106 Å². The summed E-state index contributed by atoms with van der Waals surface area (Å²) in [7, 11) is 1.46. The monoisotopic (exact) mass is 947 g/mol. The molecule has 0 bridgehead atoms. The first-order chi connectivity index (χ1) is 32.9. The summed E-state index contributed by atoms with van der Waals surface area (Å²) in [4.78, 5) is 76.5. The van der Waals surface area contributed by atoms with Crippen LogP contribution in [0.5, 0.6) is 11.5 Å². The Hall–Kier alpha value is -7.71. The summed E-state index contributed by atoms with van der Waals surface area (Å²) < 4.78 is 24.5. The highest BCUT2D eigenvalue weighted by Crippen LogP contribution is 2.34. The van der Waals surface area contributed by atoms with E-state index in [9.17, 15) is 24.0 Å². The minimum absolute atomic E-state index is 0.146. The third-order valence-electron chi connectivity index (χ3n) is 11.7. The number of nitrogens with one attached hydrogen (secondary N) is 2. The van der Waals surface area contributed by atoms with Gasteiger partial charge in [-0.2, -0.15) is 10.2 Å². The quantitative estimate of drug-likeness (QED) is 0.0554. The lowest BCUT2D eigenvalue weighted by molar-refractivity contribution is 0.0179. The molecule has 6 N–H and O–H groups in total. The van der Waals surface area contributed by atoms with Crippen LogP contribution in [-0.2, 0) is 30.9 Å². The summed E-state index contributed by atoms with van der Waals surface area (Å²) in [6.07, 6.45) is 6.63. The molecule has 366 valence electrons. The number of anilines is 2. The maximum absolute atomic E-state index is 13.9. The van der Waals surface area contributed by atoms with E-state index in [0.29, 0.717) is 101 Å². The topological polar surface area (TPSA) is 264 Å². The molecule has 5 amide bonds. The molecule has 0 spiro atoms. The first-order valence-electron chi connectivity index (χ1n) is 23.1. The van der Waals surface area contributed by atoms with Crippen molar-refractivity contribution in [1.82, 2.24) is 43.6 Å². The Morgan fingerprint density at radius 2 is 1.22 bits per heavy atom. The first kappa shape index (κ1) is 49.2. The number of carbonyl (C=O) groups excluding carboxylic acids is 5. The zero-order valence-electron chi connectivity index (χ0n) is 40.4. The summed E-state index contributed by atoms with van der Waals surface area (Å²) in [5, 5.41) is 14.7. The van der Waals surface area contributed by atoms with E-state index in [0.717, 1.165) is 19.3 Å². The van der Waals surface area contributed by atoms with Crippen LogP contribution in [0.25, 0.3) is 22.1 Å². The fraction of sp³-hybridized carbons (Fsp3) is 0.438. The Bertz CT molecular complexity index is 2940. The van der Waals surface area contributed by atoms with E-state index in [4.69, 9.17) is 35.6 Å². The number of methoxy groups -OCH3 is 1. The molecule has 1 aliphatic rings. The number of hydrogen-bond donors (Lipinski definition) is 4. The number of carbonyl (C=O) groups is 5. The summed E-state index contributed by atoms with van der Waals surface area (Å²) in [5.41, 5.74) is 15.0. The number of aryl methyl sites for hydroxylation is 4. The second-order valence-corrected chi connectivity index (χ2v) is 18.0. The number of aromatic nitrogens is 8. The number of fused-ring (bicyclic) bond motifs is 2. The van der Waals surface area contributed by atoms with Crippen molar-refractivity contribution in [2.45, 2.75) is 106 Å². The molecular formula is C48H61N13O8. The van der Waals surface area contributed by atoms with Gasteiger partial charge in [0.15, 0.2) is 0 Å². The van der Waals surface area contributed by atoms with E-state index >= 15 is 0 Å². The normalized spacial score (nSPS) is 13.4. The van der Waals surface area contributed by atoms with Crippen molar-refractivity contribution in [3.8, 4) is 11.5 Å². The predicted molar refractivity (Wildman–Crippen MR) is 259 cm³/mol. The van der Waals surface area contributed by atoms with E-state index in [2.05, 4.69) is 20.8 Å². The summed E-state index contributed by atoms with van der Waals surface area (Å²) in [6, 6.07) is 9.57. The number of nitrogens with zero attached hydrogens (tertiary/aromatic N) is 9. The average molecular weight is 948 g/mol. The van der Waals surface area contributed by atoms with Crippen molar-refractivity contribution in [3.05, 3.63) is 82.5 Å². The Balaban J connectivity index is 1.19. The Morgan fingerprint density at radius 3 is 1.67 bits per heavy atom. The van der Waals surface area contributed by atoms with Gasteiger partial charge in [-0.1, -0.05) is 12.2 Å². The molecule has 1 fully saturated rings. The number of ether oxygens (including phenoxy) is 3. The van der Waals surface area contributed by atoms with E-state index in [1.54, 1.807) is 61.5 Å². The predicted octanol–water partition coefficient (Wildman–Crippen LogP) is 6.21. The highest BCUT2D eigenvalue weighted by atomic mass is 16.6. The molecule has 0 aliphatic carbocycles. The minimum atomic E-state index is -0.677. The van der Waals surface area contributed by atoms with E-state index < -0.39 is 29.2 Å². The number of imidazole rings is 2. The molecule has 1 aliphatic heterocycles.